The van der Waals surface area contributed by atoms with Crippen LogP contribution >= 0.6 is 0 Å². The van der Waals surface area contributed by atoms with E-state index in [0.717, 1.165) is 0 Å². The van der Waals surface area contributed by atoms with Crippen molar-refractivity contribution >= 4 is 43.4 Å². The van der Waals surface area contributed by atoms with Gasteiger partial charge >= 0.3 is 0 Å². The molecule has 126 valence electrons. The molecule has 0 aliphatic rings. The lowest BCUT2D eigenvalue weighted by Gasteiger charge is -2.09. The van der Waals surface area contributed by atoms with Gasteiger partial charge in [0.2, 0.25) is 0 Å². The smallest absolute Gasteiger partial charge is 0.0544 e. The van der Waals surface area contributed by atoms with E-state index in [1.165, 1.54) is 54.5 Å². The van der Waals surface area contributed by atoms with Gasteiger partial charge in [-0.25, -0.2) is 0 Å². The number of hydrogen-bond donors (Lipinski definition) is 1. The minimum absolute atomic E-state index is 1.19. The van der Waals surface area contributed by atoms with E-state index in [2.05, 4.69) is 102 Å². The first-order valence-corrected chi connectivity index (χ1v) is 9.30. The van der Waals surface area contributed by atoms with Crippen LogP contribution in [0.25, 0.3) is 54.5 Å². The predicted molar refractivity (Wildman–Crippen MR) is 116 cm³/mol. The lowest BCUT2D eigenvalue weighted by atomic mass is 9.95. The number of H-pyrrole nitrogens is 1. The first-order chi connectivity index (χ1) is 13.4. The molecule has 0 spiro atoms. The van der Waals surface area contributed by atoms with Gasteiger partial charge in [0.25, 0.3) is 0 Å². The zero-order valence-electron chi connectivity index (χ0n) is 14.7. The summed E-state index contributed by atoms with van der Waals surface area (Å²) in [5.74, 6) is 0. The van der Waals surface area contributed by atoms with E-state index in [-0.39, 0.29) is 0 Å². The van der Waals surface area contributed by atoms with Crippen LogP contribution in [0.2, 0.25) is 0 Å². The van der Waals surface area contributed by atoms with E-state index in [9.17, 15) is 0 Å². The summed E-state index contributed by atoms with van der Waals surface area (Å²) in [5.41, 5.74) is 4.95. The molecule has 0 saturated heterocycles. The van der Waals surface area contributed by atoms with Crippen molar-refractivity contribution < 1.29 is 0 Å². The lowest BCUT2D eigenvalue weighted by molar-refractivity contribution is 1.57. The molecule has 0 radical (unpaired) electrons. The first-order valence-electron chi connectivity index (χ1n) is 9.30. The Morgan fingerprint density at radius 3 is 1.96 bits per heavy atom. The summed E-state index contributed by atoms with van der Waals surface area (Å²) in [6, 6.07) is 34.9. The maximum atomic E-state index is 3.69. The number of benzene rings is 5. The minimum Gasteiger partial charge on any atom is -0.354 e. The molecule has 1 N–H and O–H groups in total. The quantitative estimate of drug-likeness (QED) is 0.322. The van der Waals surface area contributed by atoms with Gasteiger partial charge in [-0.1, -0.05) is 78.9 Å². The molecule has 0 aliphatic carbocycles. The highest BCUT2D eigenvalue weighted by Crippen LogP contribution is 2.38. The topological polar surface area (TPSA) is 15.8 Å². The normalized spacial score (nSPS) is 11.7. The van der Waals surface area contributed by atoms with Crippen molar-refractivity contribution in [3.05, 3.63) is 97.1 Å². The molecule has 1 heterocycles. The molecule has 0 saturated carbocycles. The average Bonchev–Trinajstić information content (AvgIpc) is 3.10. The summed E-state index contributed by atoms with van der Waals surface area (Å²) in [4.78, 5) is 3.69. The fraction of sp³-hybridized carbons (Fsp3) is 0. The Kier molecular flexibility index (Phi) is 2.95. The molecule has 0 amide bonds. The number of hydrogen-bond acceptors (Lipinski definition) is 0. The monoisotopic (exact) mass is 343 g/mol. The molecular weight excluding hydrogens is 326 g/mol. The molecule has 6 aromatic rings. The highest BCUT2D eigenvalue weighted by Gasteiger charge is 2.13. The van der Waals surface area contributed by atoms with E-state index >= 15 is 0 Å². The van der Waals surface area contributed by atoms with Gasteiger partial charge in [-0.05, 0) is 45.5 Å². The molecule has 0 aliphatic heterocycles. The van der Waals surface area contributed by atoms with Crippen LogP contribution in [-0.4, -0.2) is 4.98 Å². The average molecular weight is 343 g/mol. The fourth-order valence-corrected chi connectivity index (χ4v) is 4.28. The van der Waals surface area contributed by atoms with Crippen molar-refractivity contribution in [1.29, 1.82) is 0 Å². The second kappa shape index (κ2) is 5.46. The third-order valence-electron chi connectivity index (χ3n) is 5.57. The highest BCUT2D eigenvalue weighted by atomic mass is 14.7. The van der Waals surface area contributed by atoms with Crippen LogP contribution in [-0.2, 0) is 0 Å². The van der Waals surface area contributed by atoms with Crippen LogP contribution in [0.5, 0.6) is 0 Å². The molecule has 0 atom stereocenters. The summed E-state index contributed by atoms with van der Waals surface area (Å²) in [7, 11) is 0. The number of aromatic nitrogens is 1. The Bertz CT molecular complexity index is 1460. The summed E-state index contributed by atoms with van der Waals surface area (Å²) in [6.45, 7) is 0. The van der Waals surface area contributed by atoms with Crippen LogP contribution in [0.3, 0.4) is 0 Å². The zero-order valence-corrected chi connectivity index (χ0v) is 14.7. The molecule has 27 heavy (non-hydrogen) atoms. The molecule has 1 aromatic heterocycles. The van der Waals surface area contributed by atoms with Gasteiger partial charge in [-0.3, -0.25) is 0 Å². The fourth-order valence-electron chi connectivity index (χ4n) is 4.28. The van der Waals surface area contributed by atoms with Gasteiger partial charge in [0.15, 0.2) is 0 Å². The number of aromatic amines is 1. The second-order valence-electron chi connectivity index (χ2n) is 7.13. The van der Waals surface area contributed by atoms with Crippen molar-refractivity contribution in [1.82, 2.24) is 4.98 Å². The van der Waals surface area contributed by atoms with Gasteiger partial charge in [-0.15, -0.1) is 0 Å². The van der Waals surface area contributed by atoms with Gasteiger partial charge in [0.05, 0.1) is 5.52 Å². The Balaban J connectivity index is 1.82. The Labute approximate surface area is 156 Å². The maximum Gasteiger partial charge on any atom is 0.0544 e. The van der Waals surface area contributed by atoms with E-state index in [1.807, 2.05) is 0 Å². The van der Waals surface area contributed by atoms with Crippen LogP contribution in [0.15, 0.2) is 97.1 Å². The summed E-state index contributed by atoms with van der Waals surface area (Å²) >= 11 is 0. The van der Waals surface area contributed by atoms with Crippen molar-refractivity contribution in [3.63, 3.8) is 0 Å². The van der Waals surface area contributed by atoms with Crippen molar-refractivity contribution in [2.24, 2.45) is 0 Å². The molecule has 0 bridgehead atoms. The number of nitrogens with one attached hydrogen (secondary N) is 1. The van der Waals surface area contributed by atoms with E-state index in [1.54, 1.807) is 0 Å². The number of rotatable bonds is 1. The Morgan fingerprint density at radius 1 is 0.481 bits per heavy atom. The Hall–Kier alpha value is -3.58. The van der Waals surface area contributed by atoms with Crippen LogP contribution < -0.4 is 0 Å². The summed E-state index contributed by atoms with van der Waals surface area (Å²) in [5, 5.41) is 7.67. The first kappa shape index (κ1) is 14.6. The van der Waals surface area contributed by atoms with Crippen molar-refractivity contribution in [2.75, 3.05) is 0 Å². The third kappa shape index (κ3) is 2.12. The molecule has 1 heteroatoms. The molecule has 0 unspecified atom stereocenters. The third-order valence-corrected chi connectivity index (χ3v) is 5.57. The summed E-state index contributed by atoms with van der Waals surface area (Å²) in [6.07, 6.45) is 0. The predicted octanol–water partition coefficient (Wildman–Crippen LogP) is 7.29. The molecule has 1 nitrogen and oxygen atoms in total. The number of fused-ring (bicyclic) bond motifs is 6. The van der Waals surface area contributed by atoms with Gasteiger partial charge in [0, 0.05) is 21.7 Å². The molecule has 0 fully saturated rings. The van der Waals surface area contributed by atoms with Crippen LogP contribution in [0.1, 0.15) is 0 Å². The van der Waals surface area contributed by atoms with Gasteiger partial charge in [-0.2, -0.15) is 0 Å². The molecule has 6 rings (SSSR count). The van der Waals surface area contributed by atoms with Gasteiger partial charge < -0.3 is 4.98 Å². The molecule has 5 aromatic carbocycles. The SMILES string of the molecule is c1ccc(-c2cc3c4cc5ccccc5cc4[nH]c3c3ccccc23)cc1. The lowest BCUT2D eigenvalue weighted by Crippen LogP contribution is -1.83. The van der Waals surface area contributed by atoms with E-state index in [0.29, 0.717) is 0 Å². The zero-order chi connectivity index (χ0) is 17.8. The second-order valence-corrected chi connectivity index (χ2v) is 7.13. The van der Waals surface area contributed by atoms with Gasteiger partial charge in [0.1, 0.15) is 0 Å². The van der Waals surface area contributed by atoms with E-state index in [4.69, 9.17) is 0 Å². The standard InChI is InChI=1S/C26H17N/c1-2-8-17(9-3-1)22-16-24-23-14-18-10-4-5-11-19(18)15-25(23)27-26(24)21-13-7-6-12-20(21)22/h1-16,27H. The van der Waals surface area contributed by atoms with E-state index < -0.39 is 0 Å². The Morgan fingerprint density at radius 2 is 1.15 bits per heavy atom. The molecular formula is C26H17N. The van der Waals surface area contributed by atoms with Crippen molar-refractivity contribution in [3.8, 4) is 11.1 Å². The minimum atomic E-state index is 1.19. The summed E-state index contributed by atoms with van der Waals surface area (Å²) < 4.78 is 0. The van der Waals surface area contributed by atoms with Crippen LogP contribution in [0.4, 0.5) is 0 Å². The maximum absolute atomic E-state index is 3.69. The largest absolute Gasteiger partial charge is 0.354 e. The van der Waals surface area contributed by atoms with Crippen LogP contribution in [0, 0.1) is 0 Å². The highest BCUT2D eigenvalue weighted by molar-refractivity contribution is 6.22. The van der Waals surface area contributed by atoms with Crippen molar-refractivity contribution in [2.45, 2.75) is 0 Å².